The normalized spacial score (nSPS) is 22.9. The van der Waals surface area contributed by atoms with Crippen molar-refractivity contribution in [2.45, 2.75) is 50.9 Å². The lowest BCUT2D eigenvalue weighted by molar-refractivity contribution is -0.0712. The highest BCUT2D eigenvalue weighted by atomic mass is 19.3. The van der Waals surface area contributed by atoms with Crippen LogP contribution in [0.4, 0.5) is 18.0 Å². The molecule has 25 heavy (non-hydrogen) atoms. The van der Waals surface area contributed by atoms with Gasteiger partial charge < -0.3 is 9.84 Å². The molecule has 1 aromatic heterocycles. The van der Waals surface area contributed by atoms with E-state index in [2.05, 4.69) is 0 Å². The van der Waals surface area contributed by atoms with E-state index in [1.165, 1.54) is 20.8 Å². The molecule has 1 saturated heterocycles. The van der Waals surface area contributed by atoms with Gasteiger partial charge in [-0.15, -0.1) is 0 Å². The van der Waals surface area contributed by atoms with Gasteiger partial charge in [-0.1, -0.05) is 0 Å². The Bertz CT molecular complexity index is 783. The van der Waals surface area contributed by atoms with E-state index < -0.39 is 59.9 Å². The van der Waals surface area contributed by atoms with Crippen molar-refractivity contribution in [3.8, 4) is 0 Å². The number of hydrogen-bond acceptors (Lipinski definition) is 5. The standard InChI is InChI=1S/C14H18F3N3O5/c1-13(2,3)25-12(24)20-7(6-21)4-14(16,17)10(20)19-5-8(15)9(22)18-11(19)23/h5,7,10,21H,4,6H2,1-3H3,(H,18,22,23)/t7-,10?/m0/s1. The van der Waals surface area contributed by atoms with Crippen LogP contribution in [0.15, 0.2) is 15.8 Å². The maximum Gasteiger partial charge on any atom is 0.412 e. The number of halogens is 3. The molecule has 140 valence electrons. The van der Waals surface area contributed by atoms with Crippen LogP contribution < -0.4 is 11.2 Å². The van der Waals surface area contributed by atoms with E-state index in [-0.39, 0.29) is 4.57 Å². The zero-order valence-electron chi connectivity index (χ0n) is 13.8. The fourth-order valence-corrected chi connectivity index (χ4v) is 2.62. The number of carbonyl (C=O) groups is 1. The lowest BCUT2D eigenvalue weighted by atomic mass is 10.2. The van der Waals surface area contributed by atoms with Gasteiger partial charge in [-0.2, -0.15) is 4.39 Å². The van der Waals surface area contributed by atoms with Gasteiger partial charge in [-0.3, -0.25) is 19.2 Å². The molecule has 1 aliphatic rings. The number of nitrogens with zero attached hydrogens (tertiary/aromatic N) is 2. The molecule has 8 nitrogen and oxygen atoms in total. The zero-order chi connectivity index (χ0) is 19.2. The van der Waals surface area contributed by atoms with Crippen molar-refractivity contribution in [1.82, 2.24) is 14.5 Å². The summed E-state index contributed by atoms with van der Waals surface area (Å²) in [6.07, 6.45) is -4.11. The first kappa shape index (κ1) is 19.0. The van der Waals surface area contributed by atoms with Crippen molar-refractivity contribution in [3.05, 3.63) is 32.9 Å². The van der Waals surface area contributed by atoms with Crippen molar-refractivity contribution in [2.24, 2.45) is 0 Å². The molecule has 0 spiro atoms. The predicted octanol–water partition coefficient (Wildman–Crippen LogP) is 0.811. The van der Waals surface area contributed by atoms with Gasteiger partial charge in [-0.25, -0.2) is 18.4 Å². The second kappa shape index (κ2) is 6.21. The van der Waals surface area contributed by atoms with Crippen LogP contribution >= 0.6 is 0 Å². The Morgan fingerprint density at radius 3 is 2.56 bits per heavy atom. The Morgan fingerprint density at radius 1 is 1.44 bits per heavy atom. The third-order valence-electron chi connectivity index (χ3n) is 3.55. The second-order valence-corrected chi connectivity index (χ2v) is 6.71. The Hall–Kier alpha value is -2.30. The third kappa shape index (κ3) is 3.70. The third-order valence-corrected chi connectivity index (χ3v) is 3.55. The van der Waals surface area contributed by atoms with Crippen LogP contribution in [0.3, 0.4) is 0 Å². The predicted molar refractivity (Wildman–Crippen MR) is 78.8 cm³/mol. The average molecular weight is 365 g/mol. The average Bonchev–Trinajstić information content (AvgIpc) is 2.72. The first-order chi connectivity index (χ1) is 11.4. The number of H-pyrrole nitrogens is 1. The largest absolute Gasteiger partial charge is 0.444 e. The van der Waals surface area contributed by atoms with Crippen molar-refractivity contribution in [2.75, 3.05) is 6.61 Å². The number of aromatic amines is 1. The van der Waals surface area contributed by atoms with Gasteiger partial charge >= 0.3 is 11.8 Å². The number of aromatic nitrogens is 2. The highest BCUT2D eigenvalue weighted by Crippen LogP contribution is 2.44. The van der Waals surface area contributed by atoms with Gasteiger partial charge in [0.05, 0.1) is 18.8 Å². The minimum Gasteiger partial charge on any atom is -0.444 e. The molecule has 11 heteroatoms. The zero-order valence-corrected chi connectivity index (χ0v) is 13.8. The summed E-state index contributed by atoms with van der Waals surface area (Å²) in [6.45, 7) is 3.71. The summed E-state index contributed by atoms with van der Waals surface area (Å²) in [5, 5.41) is 9.35. The Kier molecular flexibility index (Phi) is 4.73. The molecule has 2 heterocycles. The van der Waals surface area contributed by atoms with Crippen LogP contribution in [0.1, 0.15) is 33.4 Å². The quantitative estimate of drug-likeness (QED) is 0.807. The molecule has 0 aliphatic carbocycles. The SMILES string of the molecule is CC(C)(C)OC(=O)N1C(n2cc(F)c(=O)[nH]c2=O)C(F)(F)C[C@H]1CO. The van der Waals surface area contributed by atoms with E-state index in [9.17, 15) is 32.7 Å². The van der Waals surface area contributed by atoms with Gasteiger partial charge in [0.15, 0.2) is 6.17 Å². The monoisotopic (exact) mass is 365 g/mol. The number of nitrogens with one attached hydrogen (secondary N) is 1. The van der Waals surface area contributed by atoms with Gasteiger partial charge in [0.25, 0.3) is 11.5 Å². The van der Waals surface area contributed by atoms with Crippen molar-refractivity contribution in [3.63, 3.8) is 0 Å². The summed E-state index contributed by atoms with van der Waals surface area (Å²) in [5.74, 6) is -5.13. The van der Waals surface area contributed by atoms with Gasteiger partial charge in [-0.05, 0) is 20.8 Å². The molecule has 0 radical (unpaired) electrons. The van der Waals surface area contributed by atoms with E-state index in [1.807, 2.05) is 0 Å². The molecule has 1 aliphatic heterocycles. The van der Waals surface area contributed by atoms with E-state index in [0.717, 1.165) is 0 Å². The fraction of sp³-hybridized carbons (Fsp3) is 0.643. The molecular formula is C14H18F3N3O5. The van der Waals surface area contributed by atoms with Crippen molar-refractivity contribution in [1.29, 1.82) is 0 Å². The minimum absolute atomic E-state index is 0.219. The maximum atomic E-state index is 14.5. The number of aliphatic hydroxyl groups excluding tert-OH is 1. The number of carbonyl (C=O) groups excluding carboxylic acids is 1. The summed E-state index contributed by atoms with van der Waals surface area (Å²) in [7, 11) is 0. The minimum atomic E-state index is -3.67. The fourth-order valence-electron chi connectivity index (χ4n) is 2.62. The molecule has 2 atom stereocenters. The van der Waals surface area contributed by atoms with E-state index in [0.29, 0.717) is 11.1 Å². The molecule has 1 fully saturated rings. The molecule has 2 N–H and O–H groups in total. The molecule has 1 amide bonds. The van der Waals surface area contributed by atoms with Crippen LogP contribution in [0.25, 0.3) is 0 Å². The van der Waals surface area contributed by atoms with Crippen LogP contribution in [0, 0.1) is 5.82 Å². The van der Waals surface area contributed by atoms with Gasteiger partial charge in [0.1, 0.15) is 5.60 Å². The van der Waals surface area contributed by atoms with Crippen molar-refractivity contribution < 1.29 is 27.8 Å². The van der Waals surface area contributed by atoms with E-state index >= 15 is 0 Å². The summed E-state index contributed by atoms with van der Waals surface area (Å²) in [5.41, 5.74) is -3.71. The van der Waals surface area contributed by atoms with Gasteiger partial charge in [0, 0.05) is 6.42 Å². The first-order valence-electron chi connectivity index (χ1n) is 7.38. The van der Waals surface area contributed by atoms with E-state index in [1.54, 1.807) is 4.98 Å². The van der Waals surface area contributed by atoms with Crippen LogP contribution in [0.2, 0.25) is 0 Å². The van der Waals surface area contributed by atoms with Crippen molar-refractivity contribution >= 4 is 6.09 Å². The highest BCUT2D eigenvalue weighted by molar-refractivity contribution is 5.69. The highest BCUT2D eigenvalue weighted by Gasteiger charge is 2.58. The Morgan fingerprint density at radius 2 is 2.04 bits per heavy atom. The number of rotatable bonds is 2. The molecule has 0 aromatic carbocycles. The molecule has 1 aromatic rings. The maximum absolute atomic E-state index is 14.5. The van der Waals surface area contributed by atoms with Crippen LogP contribution in [0.5, 0.6) is 0 Å². The number of amides is 1. The van der Waals surface area contributed by atoms with Gasteiger partial charge in [0.2, 0.25) is 5.82 Å². The van der Waals surface area contributed by atoms with Crippen LogP contribution in [-0.4, -0.2) is 49.8 Å². The summed E-state index contributed by atoms with van der Waals surface area (Å²) in [4.78, 5) is 37.4. The molecule has 2 rings (SSSR count). The lowest BCUT2D eigenvalue weighted by Gasteiger charge is -2.33. The number of alkyl halides is 2. The summed E-state index contributed by atoms with van der Waals surface area (Å²) < 4.78 is 47.7. The molecular weight excluding hydrogens is 347 g/mol. The molecule has 1 unspecified atom stereocenters. The summed E-state index contributed by atoms with van der Waals surface area (Å²) >= 11 is 0. The van der Waals surface area contributed by atoms with Crippen LogP contribution in [-0.2, 0) is 4.74 Å². The topological polar surface area (TPSA) is 105 Å². The first-order valence-corrected chi connectivity index (χ1v) is 7.38. The number of hydrogen-bond donors (Lipinski definition) is 2. The number of likely N-dealkylation sites (tertiary alicyclic amines) is 1. The molecule has 0 bridgehead atoms. The lowest BCUT2D eigenvalue weighted by Crippen LogP contribution is -2.49. The Balaban J connectivity index is 2.58. The Labute approximate surface area is 139 Å². The smallest absolute Gasteiger partial charge is 0.412 e. The number of ether oxygens (including phenoxy) is 1. The number of aliphatic hydroxyl groups is 1. The van der Waals surface area contributed by atoms with E-state index in [4.69, 9.17) is 4.74 Å². The molecule has 0 saturated carbocycles. The summed E-state index contributed by atoms with van der Waals surface area (Å²) in [6, 6.07) is -1.35. The second-order valence-electron chi connectivity index (χ2n) is 6.71.